The zero-order chi connectivity index (χ0) is 22.1. The van der Waals surface area contributed by atoms with Crippen LogP contribution in [0.1, 0.15) is 55.0 Å². The number of nitrogens with one attached hydrogen (secondary N) is 1. The van der Waals surface area contributed by atoms with Crippen LogP contribution in [0.5, 0.6) is 0 Å². The van der Waals surface area contributed by atoms with Crippen LogP contribution in [-0.4, -0.2) is 26.4 Å². The fourth-order valence-electron chi connectivity index (χ4n) is 3.89. The number of aromatic nitrogens is 3. The van der Waals surface area contributed by atoms with E-state index in [9.17, 15) is 10.1 Å². The van der Waals surface area contributed by atoms with E-state index >= 15 is 0 Å². The van der Waals surface area contributed by atoms with E-state index in [4.69, 9.17) is 4.42 Å². The Hall–Kier alpha value is -2.57. The van der Waals surface area contributed by atoms with Crippen molar-refractivity contribution in [3.8, 4) is 17.5 Å². The summed E-state index contributed by atoms with van der Waals surface area (Å²) < 4.78 is 7.43. The minimum atomic E-state index is -0.146. The van der Waals surface area contributed by atoms with Crippen molar-refractivity contribution in [1.29, 1.82) is 5.26 Å². The van der Waals surface area contributed by atoms with Crippen molar-refractivity contribution < 1.29 is 9.21 Å². The Bertz CT molecular complexity index is 1150. The number of carbonyl (C=O) groups is 1. The van der Waals surface area contributed by atoms with E-state index in [1.54, 1.807) is 17.6 Å². The Morgan fingerprint density at radius 2 is 2.29 bits per heavy atom. The Labute approximate surface area is 189 Å². The van der Waals surface area contributed by atoms with Gasteiger partial charge in [0.05, 0.1) is 23.1 Å². The fourth-order valence-corrected chi connectivity index (χ4v) is 6.14. The van der Waals surface area contributed by atoms with Crippen molar-refractivity contribution in [2.45, 2.75) is 58.2 Å². The molecule has 1 unspecified atom stereocenters. The average Bonchev–Trinajstić information content (AvgIpc) is 3.41. The molecule has 1 N–H and O–H groups in total. The van der Waals surface area contributed by atoms with Gasteiger partial charge in [-0.15, -0.1) is 21.5 Å². The SMILES string of the molecule is Cc1occc1-c1nnc(SCC(=O)Nc2sc3c(c2C#N)CCC(C)C3)n1C(C)C. The van der Waals surface area contributed by atoms with Gasteiger partial charge in [0, 0.05) is 10.9 Å². The van der Waals surface area contributed by atoms with Crippen molar-refractivity contribution in [1.82, 2.24) is 14.8 Å². The maximum Gasteiger partial charge on any atom is 0.235 e. The van der Waals surface area contributed by atoms with Crippen LogP contribution in [0.25, 0.3) is 11.4 Å². The van der Waals surface area contributed by atoms with Crippen LogP contribution >= 0.6 is 23.1 Å². The second kappa shape index (κ2) is 8.89. The van der Waals surface area contributed by atoms with E-state index < -0.39 is 0 Å². The van der Waals surface area contributed by atoms with Gasteiger partial charge in [0.15, 0.2) is 11.0 Å². The third-order valence-corrected chi connectivity index (χ3v) is 7.60. The first-order chi connectivity index (χ1) is 14.9. The zero-order valence-electron chi connectivity index (χ0n) is 18.1. The molecule has 0 saturated carbocycles. The number of thiophene rings is 1. The van der Waals surface area contributed by atoms with Crippen LogP contribution in [0, 0.1) is 24.2 Å². The first-order valence-corrected chi connectivity index (χ1v) is 12.2. The van der Waals surface area contributed by atoms with Gasteiger partial charge in [-0.25, -0.2) is 0 Å². The number of fused-ring (bicyclic) bond motifs is 1. The number of rotatable bonds is 6. The van der Waals surface area contributed by atoms with E-state index in [2.05, 4.69) is 42.4 Å². The Morgan fingerprint density at radius 1 is 1.48 bits per heavy atom. The summed E-state index contributed by atoms with van der Waals surface area (Å²) in [6.45, 7) is 8.24. The summed E-state index contributed by atoms with van der Waals surface area (Å²) in [5.74, 6) is 2.18. The molecule has 3 heterocycles. The minimum Gasteiger partial charge on any atom is -0.469 e. The first kappa shape index (κ1) is 21.7. The van der Waals surface area contributed by atoms with Crippen LogP contribution in [0.15, 0.2) is 21.9 Å². The molecule has 0 radical (unpaired) electrons. The predicted molar refractivity (Wildman–Crippen MR) is 122 cm³/mol. The van der Waals surface area contributed by atoms with Crippen molar-refractivity contribution in [2.24, 2.45) is 5.92 Å². The largest absolute Gasteiger partial charge is 0.469 e. The van der Waals surface area contributed by atoms with E-state index in [-0.39, 0.29) is 17.7 Å². The number of nitriles is 1. The molecule has 31 heavy (non-hydrogen) atoms. The molecule has 9 heteroatoms. The van der Waals surface area contributed by atoms with Gasteiger partial charge in [0.1, 0.15) is 16.8 Å². The maximum absolute atomic E-state index is 12.7. The molecule has 1 aliphatic carbocycles. The van der Waals surface area contributed by atoms with Gasteiger partial charge >= 0.3 is 0 Å². The van der Waals surface area contributed by atoms with Crippen molar-refractivity contribution in [2.75, 3.05) is 11.1 Å². The number of thioether (sulfide) groups is 1. The molecule has 3 aromatic rings. The average molecular weight is 456 g/mol. The Kier molecular flexibility index (Phi) is 6.21. The van der Waals surface area contributed by atoms with Crippen molar-refractivity contribution in [3.05, 3.63) is 34.1 Å². The number of furan rings is 1. The minimum absolute atomic E-state index is 0.126. The smallest absolute Gasteiger partial charge is 0.235 e. The van der Waals surface area contributed by atoms with Crippen LogP contribution in [0.3, 0.4) is 0 Å². The number of aryl methyl sites for hydroxylation is 1. The van der Waals surface area contributed by atoms with Crippen molar-refractivity contribution in [3.63, 3.8) is 0 Å². The maximum atomic E-state index is 12.7. The highest BCUT2D eigenvalue weighted by Gasteiger charge is 2.25. The van der Waals surface area contributed by atoms with E-state index in [1.165, 1.54) is 16.6 Å². The molecule has 1 amide bonds. The lowest BCUT2D eigenvalue weighted by atomic mass is 9.89. The summed E-state index contributed by atoms with van der Waals surface area (Å²) in [6, 6.07) is 4.30. The van der Waals surface area contributed by atoms with Crippen LogP contribution in [0.2, 0.25) is 0 Å². The highest BCUT2D eigenvalue weighted by molar-refractivity contribution is 7.99. The quantitative estimate of drug-likeness (QED) is 0.512. The molecule has 4 rings (SSSR count). The highest BCUT2D eigenvalue weighted by Crippen LogP contribution is 2.39. The number of carbonyl (C=O) groups excluding carboxylic acids is 1. The van der Waals surface area contributed by atoms with Gasteiger partial charge in [-0.3, -0.25) is 9.36 Å². The fraction of sp³-hybridized carbons (Fsp3) is 0.455. The third kappa shape index (κ3) is 4.27. The van der Waals surface area contributed by atoms with Gasteiger partial charge in [-0.2, -0.15) is 5.26 Å². The lowest BCUT2D eigenvalue weighted by Crippen LogP contribution is -2.15. The van der Waals surface area contributed by atoms with Crippen LogP contribution in [-0.2, 0) is 17.6 Å². The molecule has 0 bridgehead atoms. The summed E-state index contributed by atoms with van der Waals surface area (Å²) in [5.41, 5.74) is 2.65. The van der Waals surface area contributed by atoms with Gasteiger partial charge in [-0.1, -0.05) is 18.7 Å². The molecule has 0 saturated heterocycles. The normalized spacial score (nSPS) is 15.7. The molecule has 1 atom stereocenters. The van der Waals surface area contributed by atoms with Crippen LogP contribution in [0.4, 0.5) is 5.00 Å². The lowest BCUT2D eigenvalue weighted by Gasteiger charge is -2.17. The molecule has 0 fully saturated rings. The summed E-state index contributed by atoms with van der Waals surface area (Å²) >= 11 is 2.89. The van der Waals surface area contributed by atoms with Gasteiger partial charge in [-0.05, 0) is 57.6 Å². The van der Waals surface area contributed by atoms with Gasteiger partial charge in [0.2, 0.25) is 5.91 Å². The Balaban J connectivity index is 1.49. The van der Waals surface area contributed by atoms with Gasteiger partial charge < -0.3 is 9.73 Å². The molecule has 0 aromatic carbocycles. The lowest BCUT2D eigenvalue weighted by molar-refractivity contribution is -0.113. The highest BCUT2D eigenvalue weighted by atomic mass is 32.2. The number of hydrogen-bond acceptors (Lipinski definition) is 7. The topological polar surface area (TPSA) is 96.7 Å². The van der Waals surface area contributed by atoms with E-state index in [0.29, 0.717) is 21.6 Å². The van der Waals surface area contributed by atoms with E-state index in [0.717, 1.165) is 42.0 Å². The molecule has 3 aromatic heterocycles. The third-order valence-electron chi connectivity index (χ3n) is 5.49. The van der Waals surface area contributed by atoms with Crippen LogP contribution < -0.4 is 5.32 Å². The standard InChI is InChI=1S/C22H25N5O2S2/c1-12(2)27-20(15-7-8-29-14(15)4)25-26-22(27)30-11-19(28)24-21-17(10-23)16-6-5-13(3)9-18(16)31-21/h7-8,12-13H,5-6,9,11H2,1-4H3,(H,24,28). The summed E-state index contributed by atoms with van der Waals surface area (Å²) in [6.07, 6.45) is 4.62. The molecular weight excluding hydrogens is 430 g/mol. The first-order valence-electron chi connectivity index (χ1n) is 10.4. The Morgan fingerprint density at radius 3 is 2.97 bits per heavy atom. The number of hydrogen-bond donors (Lipinski definition) is 1. The molecule has 162 valence electrons. The molecular formula is C22H25N5O2S2. The number of amides is 1. The molecule has 7 nitrogen and oxygen atoms in total. The number of nitrogens with zero attached hydrogens (tertiary/aromatic N) is 4. The monoisotopic (exact) mass is 455 g/mol. The van der Waals surface area contributed by atoms with Gasteiger partial charge in [0.25, 0.3) is 0 Å². The molecule has 0 aliphatic heterocycles. The second-order valence-electron chi connectivity index (χ2n) is 8.16. The summed E-state index contributed by atoms with van der Waals surface area (Å²) in [4.78, 5) is 13.9. The second-order valence-corrected chi connectivity index (χ2v) is 10.2. The van der Waals surface area contributed by atoms with Crippen molar-refractivity contribution >= 4 is 34.0 Å². The zero-order valence-corrected chi connectivity index (χ0v) is 19.7. The molecule has 1 aliphatic rings. The predicted octanol–water partition coefficient (Wildman–Crippen LogP) is 5.22. The summed E-state index contributed by atoms with van der Waals surface area (Å²) in [7, 11) is 0. The number of anilines is 1. The van der Waals surface area contributed by atoms with E-state index in [1.807, 2.05) is 17.6 Å². The summed E-state index contributed by atoms with van der Waals surface area (Å²) in [5, 5.41) is 22.6. The molecule has 0 spiro atoms.